The van der Waals surface area contributed by atoms with Gasteiger partial charge in [0.2, 0.25) is 6.41 Å². The first kappa shape index (κ1) is 17.4. The molecular weight excluding hydrogens is 242 g/mol. The van der Waals surface area contributed by atoms with Gasteiger partial charge in [-0.15, -0.1) is 0 Å². The highest BCUT2D eigenvalue weighted by Crippen LogP contribution is 2.17. The van der Waals surface area contributed by atoms with Gasteiger partial charge in [-0.3, -0.25) is 4.79 Å². The monoisotopic (exact) mass is 271 g/mol. The molecule has 4 heteroatoms. The summed E-state index contributed by atoms with van der Waals surface area (Å²) in [7, 11) is -1.61. The molecule has 3 nitrogen and oxygen atoms in total. The Bertz CT molecular complexity index is 267. The van der Waals surface area contributed by atoms with Gasteiger partial charge in [-0.1, -0.05) is 18.6 Å². The van der Waals surface area contributed by atoms with Crippen molar-refractivity contribution >= 4 is 14.7 Å². The highest BCUT2D eigenvalue weighted by molar-refractivity contribution is 6.69. The van der Waals surface area contributed by atoms with Gasteiger partial charge in [0.15, 0.2) is 8.32 Å². The summed E-state index contributed by atoms with van der Waals surface area (Å²) in [6.45, 7) is 12.9. The van der Waals surface area contributed by atoms with Crippen LogP contribution in [-0.4, -0.2) is 21.0 Å². The van der Waals surface area contributed by atoms with Crippen molar-refractivity contribution in [1.82, 2.24) is 5.32 Å². The number of amides is 1. The highest BCUT2D eigenvalue weighted by Gasteiger charge is 2.22. The molecule has 2 atom stereocenters. The molecule has 0 rings (SSSR count). The van der Waals surface area contributed by atoms with E-state index in [0.717, 1.165) is 25.7 Å². The molecule has 2 unspecified atom stereocenters. The molecule has 0 aromatic rings. The van der Waals surface area contributed by atoms with Gasteiger partial charge in [0.25, 0.3) is 0 Å². The number of carbonyl (C=O) groups is 1. The van der Waals surface area contributed by atoms with E-state index in [0.29, 0.717) is 5.92 Å². The molecule has 0 spiro atoms. The second-order valence-corrected chi connectivity index (χ2v) is 10.7. The predicted molar refractivity (Wildman–Crippen MR) is 79.9 cm³/mol. The maximum Gasteiger partial charge on any atom is 0.209 e. The Balaban J connectivity index is 4.14. The van der Waals surface area contributed by atoms with E-state index in [1.807, 2.05) is 0 Å². The van der Waals surface area contributed by atoms with Crippen molar-refractivity contribution in [3.05, 3.63) is 11.6 Å². The van der Waals surface area contributed by atoms with Crippen molar-refractivity contribution in [2.45, 2.75) is 65.9 Å². The van der Waals surface area contributed by atoms with Gasteiger partial charge in [0.05, 0.1) is 0 Å². The number of carbonyl (C=O) groups excluding carboxylic acids is 1. The van der Waals surface area contributed by atoms with E-state index < -0.39 is 8.32 Å². The fraction of sp³-hybridized carbons (Fsp3) is 0.786. The van der Waals surface area contributed by atoms with E-state index in [9.17, 15) is 4.79 Å². The second kappa shape index (κ2) is 8.48. The highest BCUT2D eigenvalue weighted by atomic mass is 28.4. The summed E-state index contributed by atoms with van der Waals surface area (Å²) in [5.41, 5.74) is 1.36. The summed E-state index contributed by atoms with van der Waals surface area (Å²) in [5.74, 6) is 0.550. The minimum Gasteiger partial charge on any atom is -0.398 e. The van der Waals surface area contributed by atoms with Crippen molar-refractivity contribution in [2.75, 3.05) is 0 Å². The lowest BCUT2D eigenvalue weighted by molar-refractivity contribution is -0.112. The van der Waals surface area contributed by atoms with Crippen LogP contribution in [0.15, 0.2) is 11.6 Å². The lowest BCUT2D eigenvalue weighted by Crippen LogP contribution is -2.41. The fourth-order valence-corrected chi connectivity index (χ4v) is 2.81. The van der Waals surface area contributed by atoms with Gasteiger partial charge in [0.1, 0.15) is 6.23 Å². The maximum absolute atomic E-state index is 10.6. The van der Waals surface area contributed by atoms with Crippen molar-refractivity contribution < 1.29 is 9.22 Å². The number of allylic oxidation sites excluding steroid dienone is 2. The first-order valence-corrected chi connectivity index (χ1v) is 10.2. The Morgan fingerprint density at radius 1 is 1.33 bits per heavy atom. The summed E-state index contributed by atoms with van der Waals surface area (Å²) >= 11 is 0. The Morgan fingerprint density at radius 3 is 2.39 bits per heavy atom. The summed E-state index contributed by atoms with van der Waals surface area (Å²) in [5, 5.41) is 2.79. The lowest BCUT2D eigenvalue weighted by Gasteiger charge is -2.27. The van der Waals surface area contributed by atoms with Crippen LogP contribution in [0.3, 0.4) is 0 Å². The standard InChI is InChI=1S/C14H29NO2Si/c1-12(2)8-7-9-13(3)10-14(15-11-16)17-18(4,5)6/h8,11,13-14H,7,9-10H2,1-6H3,(H,15,16). The molecule has 0 heterocycles. The molecule has 106 valence electrons. The second-order valence-electron chi connectivity index (χ2n) is 6.20. The topological polar surface area (TPSA) is 38.3 Å². The Morgan fingerprint density at radius 2 is 1.94 bits per heavy atom. The van der Waals surface area contributed by atoms with Crippen LogP contribution in [0.25, 0.3) is 0 Å². The number of nitrogens with one attached hydrogen (secondary N) is 1. The molecule has 0 aliphatic rings. The van der Waals surface area contributed by atoms with E-state index in [2.05, 4.69) is 51.8 Å². The van der Waals surface area contributed by atoms with Gasteiger partial charge >= 0.3 is 0 Å². The van der Waals surface area contributed by atoms with Crippen molar-refractivity contribution in [3.8, 4) is 0 Å². The number of rotatable bonds is 9. The van der Waals surface area contributed by atoms with Gasteiger partial charge in [-0.05, 0) is 58.7 Å². The van der Waals surface area contributed by atoms with Crippen LogP contribution in [0.2, 0.25) is 19.6 Å². The molecule has 0 aromatic heterocycles. The zero-order chi connectivity index (χ0) is 14.2. The van der Waals surface area contributed by atoms with E-state index in [1.165, 1.54) is 5.57 Å². The van der Waals surface area contributed by atoms with E-state index >= 15 is 0 Å². The summed E-state index contributed by atoms with van der Waals surface area (Å²) in [6, 6.07) is 0. The van der Waals surface area contributed by atoms with Gasteiger partial charge in [-0.2, -0.15) is 0 Å². The SMILES string of the molecule is CC(C)=CCCC(C)CC(NC=O)O[Si](C)(C)C. The van der Waals surface area contributed by atoms with Crippen LogP contribution in [0.1, 0.15) is 40.0 Å². The molecule has 0 fully saturated rings. The van der Waals surface area contributed by atoms with E-state index in [-0.39, 0.29) is 6.23 Å². The molecule has 0 saturated carbocycles. The number of hydrogen-bond acceptors (Lipinski definition) is 2. The summed E-state index contributed by atoms with van der Waals surface area (Å²) in [6.07, 6.45) is 6.00. The largest absolute Gasteiger partial charge is 0.398 e. The molecule has 0 bridgehead atoms. The lowest BCUT2D eigenvalue weighted by atomic mass is 10.0. The first-order valence-electron chi connectivity index (χ1n) is 6.75. The Labute approximate surface area is 113 Å². The average Bonchev–Trinajstić information content (AvgIpc) is 2.14. The molecule has 0 aliphatic heterocycles. The van der Waals surface area contributed by atoms with Gasteiger partial charge in [0, 0.05) is 0 Å². The van der Waals surface area contributed by atoms with Crippen molar-refractivity contribution in [2.24, 2.45) is 5.92 Å². The third-order valence-corrected chi connectivity index (χ3v) is 3.57. The number of hydrogen-bond donors (Lipinski definition) is 1. The Kier molecular flexibility index (Phi) is 8.19. The van der Waals surface area contributed by atoms with Gasteiger partial charge < -0.3 is 9.74 Å². The van der Waals surface area contributed by atoms with E-state index in [4.69, 9.17) is 4.43 Å². The summed E-state index contributed by atoms with van der Waals surface area (Å²) < 4.78 is 5.96. The molecule has 0 aliphatic carbocycles. The molecule has 1 N–H and O–H groups in total. The molecule has 0 saturated heterocycles. The fourth-order valence-electron chi connectivity index (χ4n) is 1.79. The van der Waals surface area contributed by atoms with Crippen LogP contribution < -0.4 is 5.32 Å². The average molecular weight is 271 g/mol. The van der Waals surface area contributed by atoms with Gasteiger partial charge in [-0.25, -0.2) is 0 Å². The maximum atomic E-state index is 10.6. The normalized spacial score (nSPS) is 14.8. The van der Waals surface area contributed by atoms with Crippen molar-refractivity contribution in [1.29, 1.82) is 0 Å². The van der Waals surface area contributed by atoms with Crippen LogP contribution in [0.5, 0.6) is 0 Å². The van der Waals surface area contributed by atoms with Crippen LogP contribution in [0.4, 0.5) is 0 Å². The third-order valence-electron chi connectivity index (χ3n) is 2.58. The minimum absolute atomic E-state index is 0.129. The predicted octanol–water partition coefficient (Wildman–Crippen LogP) is 3.68. The molecule has 18 heavy (non-hydrogen) atoms. The molecular formula is C14H29NO2Si. The van der Waals surface area contributed by atoms with Crippen LogP contribution >= 0.6 is 0 Å². The molecule has 0 radical (unpaired) electrons. The quantitative estimate of drug-likeness (QED) is 0.301. The molecule has 1 amide bonds. The zero-order valence-electron chi connectivity index (χ0n) is 12.7. The first-order chi connectivity index (χ1) is 8.24. The van der Waals surface area contributed by atoms with E-state index in [1.54, 1.807) is 0 Å². The van der Waals surface area contributed by atoms with Crippen molar-refractivity contribution in [3.63, 3.8) is 0 Å². The minimum atomic E-state index is -1.61. The molecule has 0 aromatic carbocycles. The van der Waals surface area contributed by atoms with Crippen LogP contribution in [0, 0.1) is 5.92 Å². The summed E-state index contributed by atoms with van der Waals surface area (Å²) in [4.78, 5) is 10.6. The zero-order valence-corrected chi connectivity index (χ0v) is 13.7. The third kappa shape index (κ3) is 10.5. The Hall–Kier alpha value is -0.613. The van der Waals surface area contributed by atoms with Crippen LogP contribution in [-0.2, 0) is 9.22 Å². The smallest absolute Gasteiger partial charge is 0.209 e.